The maximum absolute atomic E-state index is 11.6. The van der Waals surface area contributed by atoms with Gasteiger partial charge in [-0.25, -0.2) is 4.98 Å². The number of halogens is 1. The Labute approximate surface area is 101 Å². The molecule has 4 nitrogen and oxygen atoms in total. The summed E-state index contributed by atoms with van der Waals surface area (Å²) in [6, 6.07) is 3.06. The van der Waals surface area contributed by atoms with E-state index in [0.717, 1.165) is 10.7 Å². The summed E-state index contributed by atoms with van der Waals surface area (Å²) in [4.78, 5) is 15.8. The van der Waals surface area contributed by atoms with Crippen molar-refractivity contribution >= 4 is 28.8 Å². The Balaban J connectivity index is 1.93. The minimum absolute atomic E-state index is 0.204. The first-order valence-electron chi connectivity index (χ1n) is 4.59. The summed E-state index contributed by atoms with van der Waals surface area (Å²) in [5.41, 5.74) is 0.954. The van der Waals surface area contributed by atoms with Crippen molar-refractivity contribution in [1.82, 2.24) is 10.3 Å². The number of carbonyl (C=O) groups excluding carboxylic acids is 1. The fourth-order valence-electron chi connectivity index (χ4n) is 1.16. The molecule has 0 aromatic carbocycles. The van der Waals surface area contributed by atoms with Crippen LogP contribution in [0.2, 0.25) is 5.22 Å². The smallest absolute Gasteiger partial charge is 0.287 e. The van der Waals surface area contributed by atoms with Gasteiger partial charge in [0.2, 0.25) is 0 Å². The van der Waals surface area contributed by atoms with Crippen molar-refractivity contribution in [1.29, 1.82) is 0 Å². The van der Waals surface area contributed by atoms with Crippen LogP contribution >= 0.6 is 22.9 Å². The quantitative estimate of drug-likeness (QED) is 0.919. The van der Waals surface area contributed by atoms with E-state index >= 15 is 0 Å². The number of nitrogens with zero attached hydrogens (tertiary/aromatic N) is 1. The van der Waals surface area contributed by atoms with E-state index in [2.05, 4.69) is 10.3 Å². The molecule has 2 rings (SSSR count). The first-order valence-corrected chi connectivity index (χ1v) is 5.85. The number of carbonyl (C=O) groups is 1. The molecule has 0 spiro atoms. The topological polar surface area (TPSA) is 55.1 Å². The zero-order valence-corrected chi connectivity index (χ0v) is 10.1. The van der Waals surface area contributed by atoms with Crippen molar-refractivity contribution in [3.05, 3.63) is 39.2 Å². The fraction of sp³-hybridized carbons (Fsp3) is 0.200. The molecule has 1 N–H and O–H groups in total. The van der Waals surface area contributed by atoms with E-state index in [-0.39, 0.29) is 16.9 Å². The van der Waals surface area contributed by atoms with Gasteiger partial charge < -0.3 is 9.73 Å². The van der Waals surface area contributed by atoms with Crippen LogP contribution in [0, 0.1) is 6.92 Å². The van der Waals surface area contributed by atoms with Gasteiger partial charge in [-0.2, -0.15) is 0 Å². The third-order valence-corrected chi connectivity index (χ3v) is 3.03. The average Bonchev–Trinajstić information content (AvgIpc) is 2.84. The third-order valence-electron chi connectivity index (χ3n) is 1.86. The number of rotatable bonds is 3. The zero-order valence-electron chi connectivity index (χ0n) is 8.49. The SMILES string of the molecule is Cc1csc(CNC(=O)c2ccc(Cl)o2)n1. The van der Waals surface area contributed by atoms with Crippen LogP contribution in [0.3, 0.4) is 0 Å². The fourth-order valence-corrected chi connectivity index (χ4v) is 2.02. The summed E-state index contributed by atoms with van der Waals surface area (Å²) < 4.78 is 4.98. The second kappa shape index (κ2) is 4.67. The second-order valence-electron chi connectivity index (χ2n) is 3.17. The van der Waals surface area contributed by atoms with Gasteiger partial charge in [-0.05, 0) is 30.7 Å². The monoisotopic (exact) mass is 256 g/mol. The minimum Gasteiger partial charge on any atom is -0.440 e. The van der Waals surface area contributed by atoms with E-state index in [1.165, 1.54) is 23.5 Å². The Morgan fingerprint density at radius 3 is 3.00 bits per heavy atom. The van der Waals surface area contributed by atoms with E-state index in [4.69, 9.17) is 16.0 Å². The molecule has 0 radical (unpaired) electrons. The van der Waals surface area contributed by atoms with Crippen LogP contribution in [-0.2, 0) is 6.54 Å². The van der Waals surface area contributed by atoms with Crippen molar-refractivity contribution in [2.24, 2.45) is 0 Å². The maximum atomic E-state index is 11.6. The van der Waals surface area contributed by atoms with Crippen LogP contribution in [0.15, 0.2) is 21.9 Å². The van der Waals surface area contributed by atoms with Crippen molar-refractivity contribution in [3.8, 4) is 0 Å². The number of aromatic nitrogens is 1. The highest BCUT2D eigenvalue weighted by Gasteiger charge is 2.10. The van der Waals surface area contributed by atoms with Gasteiger partial charge in [-0.3, -0.25) is 4.79 Å². The highest BCUT2D eigenvalue weighted by molar-refractivity contribution is 7.09. The molecule has 2 heterocycles. The summed E-state index contributed by atoms with van der Waals surface area (Å²) >= 11 is 7.08. The first-order chi connectivity index (χ1) is 7.65. The molecular formula is C10H9ClN2O2S. The van der Waals surface area contributed by atoms with Crippen molar-refractivity contribution in [3.63, 3.8) is 0 Å². The average molecular weight is 257 g/mol. The Hall–Kier alpha value is -1.33. The summed E-state index contributed by atoms with van der Waals surface area (Å²) in [5, 5.41) is 5.70. The molecule has 0 aliphatic carbocycles. The molecule has 0 saturated carbocycles. The van der Waals surface area contributed by atoms with Gasteiger partial charge in [-0.15, -0.1) is 11.3 Å². The maximum Gasteiger partial charge on any atom is 0.287 e. The molecule has 0 aliphatic rings. The number of hydrogen-bond acceptors (Lipinski definition) is 4. The Morgan fingerprint density at radius 1 is 1.62 bits per heavy atom. The molecule has 0 unspecified atom stereocenters. The number of furan rings is 1. The molecule has 0 fully saturated rings. The van der Waals surface area contributed by atoms with Crippen LogP contribution in [0.4, 0.5) is 0 Å². The second-order valence-corrected chi connectivity index (χ2v) is 4.48. The Bertz CT molecular complexity index is 506. The molecule has 1 amide bonds. The Morgan fingerprint density at radius 2 is 2.44 bits per heavy atom. The van der Waals surface area contributed by atoms with Crippen LogP contribution in [0.25, 0.3) is 0 Å². The largest absolute Gasteiger partial charge is 0.440 e. The summed E-state index contributed by atoms with van der Waals surface area (Å²) in [5.74, 6) is -0.0852. The van der Waals surface area contributed by atoms with Crippen molar-refractivity contribution in [2.75, 3.05) is 0 Å². The van der Waals surface area contributed by atoms with E-state index in [0.29, 0.717) is 6.54 Å². The highest BCUT2D eigenvalue weighted by atomic mass is 35.5. The molecule has 84 valence electrons. The molecule has 0 atom stereocenters. The van der Waals surface area contributed by atoms with Gasteiger partial charge in [0.1, 0.15) is 5.01 Å². The van der Waals surface area contributed by atoms with E-state index < -0.39 is 0 Å². The lowest BCUT2D eigenvalue weighted by molar-refractivity contribution is 0.0923. The zero-order chi connectivity index (χ0) is 11.5. The molecule has 0 aliphatic heterocycles. The number of hydrogen-bond donors (Lipinski definition) is 1. The van der Waals surface area contributed by atoms with Gasteiger partial charge in [-0.1, -0.05) is 0 Å². The molecule has 2 aromatic heterocycles. The number of amides is 1. The predicted molar refractivity (Wildman–Crippen MR) is 61.7 cm³/mol. The highest BCUT2D eigenvalue weighted by Crippen LogP contribution is 2.13. The summed E-state index contributed by atoms with van der Waals surface area (Å²) in [6.45, 7) is 2.31. The molecule has 2 aromatic rings. The van der Waals surface area contributed by atoms with E-state index in [1.54, 1.807) is 0 Å². The molecule has 0 bridgehead atoms. The van der Waals surface area contributed by atoms with Crippen LogP contribution < -0.4 is 5.32 Å². The van der Waals surface area contributed by atoms with Crippen LogP contribution in [-0.4, -0.2) is 10.9 Å². The first kappa shape index (κ1) is 11.2. The van der Waals surface area contributed by atoms with Gasteiger partial charge in [0.25, 0.3) is 5.91 Å². The van der Waals surface area contributed by atoms with E-state index in [9.17, 15) is 4.79 Å². The predicted octanol–water partition coefficient (Wildman–Crippen LogP) is 2.63. The molecule has 6 heteroatoms. The van der Waals surface area contributed by atoms with Crippen molar-refractivity contribution < 1.29 is 9.21 Å². The Kier molecular flexibility index (Phi) is 3.26. The van der Waals surface area contributed by atoms with Crippen LogP contribution in [0.1, 0.15) is 21.3 Å². The summed E-state index contributed by atoms with van der Waals surface area (Å²) in [6.07, 6.45) is 0. The number of thiazole rings is 1. The minimum atomic E-state index is -0.292. The number of nitrogens with one attached hydrogen (secondary N) is 1. The molecule has 0 saturated heterocycles. The van der Waals surface area contributed by atoms with Gasteiger partial charge in [0.15, 0.2) is 11.0 Å². The lowest BCUT2D eigenvalue weighted by Crippen LogP contribution is -2.22. The molecular weight excluding hydrogens is 248 g/mol. The third kappa shape index (κ3) is 2.62. The lowest BCUT2D eigenvalue weighted by Gasteiger charge is -1.99. The molecule has 16 heavy (non-hydrogen) atoms. The number of aryl methyl sites for hydroxylation is 1. The standard InChI is InChI=1S/C10H9ClN2O2S/c1-6-5-16-9(13-6)4-12-10(14)7-2-3-8(11)15-7/h2-3,5H,4H2,1H3,(H,12,14). The van der Waals surface area contributed by atoms with Gasteiger partial charge in [0, 0.05) is 11.1 Å². The van der Waals surface area contributed by atoms with E-state index in [1.807, 2.05) is 12.3 Å². The van der Waals surface area contributed by atoms with Gasteiger partial charge in [0.05, 0.1) is 6.54 Å². The van der Waals surface area contributed by atoms with Crippen molar-refractivity contribution in [2.45, 2.75) is 13.5 Å². The summed E-state index contributed by atoms with van der Waals surface area (Å²) in [7, 11) is 0. The van der Waals surface area contributed by atoms with Gasteiger partial charge >= 0.3 is 0 Å². The van der Waals surface area contributed by atoms with Crippen LogP contribution in [0.5, 0.6) is 0 Å². The normalized spacial score (nSPS) is 10.4. The lowest BCUT2D eigenvalue weighted by atomic mass is 10.4.